The van der Waals surface area contributed by atoms with Gasteiger partial charge in [-0.25, -0.2) is 0 Å². The number of carbonyl (C=O) groups excluding carboxylic acids is 1. The lowest BCUT2D eigenvalue weighted by Crippen LogP contribution is -2.33. The Morgan fingerprint density at radius 3 is 2.70 bits per heavy atom. The van der Waals surface area contributed by atoms with Gasteiger partial charge in [0.05, 0.1) is 30.3 Å². The number of ether oxygens (including phenoxy) is 2. The average Bonchev–Trinajstić information content (AvgIpc) is 3.44. The maximum atomic E-state index is 12.5. The second-order valence-corrected chi connectivity index (χ2v) is 6.76. The van der Waals surface area contributed by atoms with E-state index in [0.717, 1.165) is 17.2 Å². The third-order valence-electron chi connectivity index (χ3n) is 4.56. The number of carbonyl (C=O) groups is 1. The Balaban J connectivity index is 1.21. The molecule has 1 atom stereocenters. The summed E-state index contributed by atoms with van der Waals surface area (Å²) < 4.78 is 13.4. The van der Waals surface area contributed by atoms with Gasteiger partial charge in [-0.05, 0) is 24.3 Å². The lowest BCUT2D eigenvalue weighted by Gasteiger charge is -2.26. The van der Waals surface area contributed by atoms with E-state index in [2.05, 4.69) is 20.6 Å². The van der Waals surface area contributed by atoms with Gasteiger partial charge in [0.15, 0.2) is 23.3 Å². The molecule has 9 heteroatoms. The fraction of sp³-hybridized carbons (Fsp3) is 0.143. The van der Waals surface area contributed by atoms with Crippen LogP contribution in [-0.4, -0.2) is 43.4 Å². The standard InChI is InChI=1S/C21H18N6O3/c28-21(18-11-23-27(25-18)16-6-2-1-3-7-16)24-15-10-22-26(12-15)13-17-14-29-19-8-4-5-9-20(19)30-17/h1-12,17H,13-14H2,(H,24,28)/t17-/m0/s1. The minimum atomic E-state index is -0.358. The van der Waals surface area contributed by atoms with E-state index in [4.69, 9.17) is 9.47 Å². The summed E-state index contributed by atoms with van der Waals surface area (Å²) in [5.74, 6) is 1.10. The number of aromatic nitrogens is 5. The zero-order valence-electron chi connectivity index (χ0n) is 15.9. The molecule has 9 nitrogen and oxygen atoms in total. The first-order valence-corrected chi connectivity index (χ1v) is 9.45. The van der Waals surface area contributed by atoms with Crippen LogP contribution in [0.3, 0.4) is 0 Å². The summed E-state index contributed by atoms with van der Waals surface area (Å²) in [5.41, 5.74) is 1.55. The number of nitrogens with zero attached hydrogens (tertiary/aromatic N) is 5. The fourth-order valence-electron chi connectivity index (χ4n) is 3.14. The molecular formula is C21H18N6O3. The molecule has 3 heterocycles. The molecule has 0 saturated heterocycles. The molecule has 30 heavy (non-hydrogen) atoms. The topological polar surface area (TPSA) is 96.1 Å². The van der Waals surface area contributed by atoms with E-state index in [-0.39, 0.29) is 17.7 Å². The largest absolute Gasteiger partial charge is 0.486 e. The van der Waals surface area contributed by atoms with Gasteiger partial charge in [0.1, 0.15) is 6.61 Å². The summed E-state index contributed by atoms with van der Waals surface area (Å²) >= 11 is 0. The Kier molecular flexibility index (Phi) is 4.60. The van der Waals surface area contributed by atoms with Crippen LogP contribution in [-0.2, 0) is 6.54 Å². The van der Waals surface area contributed by atoms with Crippen LogP contribution >= 0.6 is 0 Å². The number of rotatable bonds is 5. The van der Waals surface area contributed by atoms with Crippen molar-refractivity contribution in [3.8, 4) is 17.2 Å². The number of nitrogens with one attached hydrogen (secondary N) is 1. The number of para-hydroxylation sites is 3. The Hall–Kier alpha value is -4.14. The van der Waals surface area contributed by atoms with Gasteiger partial charge in [-0.3, -0.25) is 9.48 Å². The SMILES string of the molecule is O=C(Nc1cnn(C[C@H]2COc3ccccc3O2)c1)c1cnn(-c2ccccc2)n1. The molecule has 1 amide bonds. The first-order valence-electron chi connectivity index (χ1n) is 9.45. The minimum absolute atomic E-state index is 0.172. The highest BCUT2D eigenvalue weighted by Crippen LogP contribution is 2.31. The van der Waals surface area contributed by atoms with Gasteiger partial charge in [-0.15, -0.1) is 5.10 Å². The van der Waals surface area contributed by atoms with E-state index in [1.807, 2.05) is 54.6 Å². The molecule has 0 spiro atoms. The van der Waals surface area contributed by atoms with Crippen LogP contribution in [0, 0.1) is 0 Å². The highest BCUT2D eigenvalue weighted by Gasteiger charge is 2.21. The first kappa shape index (κ1) is 17.9. The monoisotopic (exact) mass is 402 g/mol. The molecule has 150 valence electrons. The van der Waals surface area contributed by atoms with Gasteiger partial charge in [0, 0.05) is 6.20 Å². The van der Waals surface area contributed by atoms with Crippen molar-refractivity contribution >= 4 is 11.6 Å². The molecule has 1 aliphatic rings. The highest BCUT2D eigenvalue weighted by atomic mass is 16.6. The van der Waals surface area contributed by atoms with Crippen molar-refractivity contribution in [2.75, 3.05) is 11.9 Å². The molecule has 1 N–H and O–H groups in total. The van der Waals surface area contributed by atoms with Crippen LogP contribution < -0.4 is 14.8 Å². The summed E-state index contributed by atoms with van der Waals surface area (Å²) in [4.78, 5) is 13.9. The van der Waals surface area contributed by atoms with Crippen molar-refractivity contribution in [2.24, 2.45) is 0 Å². The van der Waals surface area contributed by atoms with E-state index in [1.54, 1.807) is 17.1 Å². The Morgan fingerprint density at radius 1 is 1.03 bits per heavy atom. The van der Waals surface area contributed by atoms with E-state index in [1.165, 1.54) is 11.0 Å². The molecule has 0 fully saturated rings. The molecule has 5 rings (SSSR count). The predicted molar refractivity (Wildman–Crippen MR) is 108 cm³/mol. The Bertz CT molecular complexity index is 1170. The van der Waals surface area contributed by atoms with Gasteiger partial charge in [0.25, 0.3) is 5.91 Å². The van der Waals surface area contributed by atoms with Gasteiger partial charge in [-0.2, -0.15) is 15.0 Å². The van der Waals surface area contributed by atoms with Crippen LogP contribution in [0.4, 0.5) is 5.69 Å². The number of benzene rings is 2. The van der Waals surface area contributed by atoms with Crippen LogP contribution in [0.15, 0.2) is 73.2 Å². The predicted octanol–water partition coefficient (Wildman–Crippen LogP) is 2.56. The van der Waals surface area contributed by atoms with Crippen molar-refractivity contribution in [1.29, 1.82) is 0 Å². The number of hydrogen-bond donors (Lipinski definition) is 1. The number of hydrogen-bond acceptors (Lipinski definition) is 6. The Morgan fingerprint density at radius 2 is 1.83 bits per heavy atom. The smallest absolute Gasteiger partial charge is 0.277 e. The normalized spacial score (nSPS) is 15.0. The molecule has 2 aromatic carbocycles. The van der Waals surface area contributed by atoms with Gasteiger partial charge in [0.2, 0.25) is 0 Å². The van der Waals surface area contributed by atoms with Crippen molar-refractivity contribution in [1.82, 2.24) is 24.8 Å². The van der Waals surface area contributed by atoms with Crippen LogP contribution in [0.1, 0.15) is 10.5 Å². The molecule has 0 saturated carbocycles. The zero-order valence-corrected chi connectivity index (χ0v) is 15.9. The van der Waals surface area contributed by atoms with E-state index >= 15 is 0 Å². The van der Waals surface area contributed by atoms with Gasteiger partial charge >= 0.3 is 0 Å². The molecule has 4 aromatic rings. The zero-order chi connectivity index (χ0) is 20.3. The molecule has 2 aromatic heterocycles. The molecule has 1 aliphatic heterocycles. The van der Waals surface area contributed by atoms with Crippen LogP contribution in [0.2, 0.25) is 0 Å². The van der Waals surface area contributed by atoms with Crippen molar-refractivity contribution in [2.45, 2.75) is 12.6 Å². The lowest BCUT2D eigenvalue weighted by molar-refractivity contribution is 0.0759. The van der Waals surface area contributed by atoms with Crippen LogP contribution in [0.5, 0.6) is 11.5 Å². The van der Waals surface area contributed by atoms with Crippen LogP contribution in [0.25, 0.3) is 5.69 Å². The average molecular weight is 402 g/mol. The summed E-state index contributed by atoms with van der Waals surface area (Å²) in [6.07, 6.45) is 4.58. The molecular weight excluding hydrogens is 384 g/mol. The summed E-state index contributed by atoms with van der Waals surface area (Å²) in [7, 11) is 0. The fourth-order valence-corrected chi connectivity index (χ4v) is 3.14. The molecule has 0 aliphatic carbocycles. The molecule has 0 radical (unpaired) electrons. The second kappa shape index (κ2) is 7.70. The minimum Gasteiger partial charge on any atom is -0.486 e. The number of amides is 1. The Labute approximate surface area is 171 Å². The van der Waals surface area contributed by atoms with Crippen molar-refractivity contribution in [3.05, 3.63) is 78.9 Å². The summed E-state index contributed by atoms with van der Waals surface area (Å²) in [6, 6.07) is 17.0. The number of fused-ring (bicyclic) bond motifs is 1. The highest BCUT2D eigenvalue weighted by molar-refractivity contribution is 6.02. The third-order valence-corrected chi connectivity index (χ3v) is 4.56. The maximum absolute atomic E-state index is 12.5. The van der Waals surface area contributed by atoms with E-state index < -0.39 is 0 Å². The third kappa shape index (κ3) is 3.72. The number of anilines is 1. The molecule has 0 bridgehead atoms. The van der Waals surface area contributed by atoms with Gasteiger partial charge in [-0.1, -0.05) is 30.3 Å². The van der Waals surface area contributed by atoms with Crippen molar-refractivity contribution in [3.63, 3.8) is 0 Å². The second-order valence-electron chi connectivity index (χ2n) is 6.76. The maximum Gasteiger partial charge on any atom is 0.277 e. The van der Waals surface area contributed by atoms with Crippen molar-refractivity contribution < 1.29 is 14.3 Å². The lowest BCUT2D eigenvalue weighted by atomic mass is 10.2. The molecule has 0 unspecified atom stereocenters. The summed E-state index contributed by atoms with van der Waals surface area (Å²) in [6.45, 7) is 0.926. The van der Waals surface area contributed by atoms with Gasteiger partial charge < -0.3 is 14.8 Å². The van der Waals surface area contributed by atoms with E-state index in [9.17, 15) is 4.79 Å². The first-order chi connectivity index (χ1) is 14.7. The van der Waals surface area contributed by atoms with E-state index in [0.29, 0.717) is 18.8 Å². The summed E-state index contributed by atoms with van der Waals surface area (Å²) in [5, 5.41) is 15.4. The quantitative estimate of drug-likeness (QED) is 0.551.